The van der Waals surface area contributed by atoms with Crippen molar-refractivity contribution >= 4 is 5.84 Å². The molecular weight excluding hydrogens is 174 g/mol. The monoisotopic (exact) mass is 199 g/mol. The third-order valence-electron chi connectivity index (χ3n) is 3.29. The van der Waals surface area contributed by atoms with Gasteiger partial charge in [0, 0.05) is 18.0 Å². The molecule has 0 aliphatic carbocycles. The maximum absolute atomic E-state index is 7.33. The Hall–Kier alpha value is -0.570. The summed E-state index contributed by atoms with van der Waals surface area (Å²) in [5.41, 5.74) is 5.64. The van der Waals surface area contributed by atoms with Gasteiger partial charge in [-0.15, -0.1) is 0 Å². The Kier molecular flexibility index (Phi) is 5.13. The average molecular weight is 199 g/mol. The van der Waals surface area contributed by atoms with Gasteiger partial charge < -0.3 is 5.73 Å². The lowest BCUT2D eigenvalue weighted by molar-refractivity contribution is 0.0974. The van der Waals surface area contributed by atoms with Gasteiger partial charge >= 0.3 is 0 Å². The van der Waals surface area contributed by atoms with Gasteiger partial charge in [0.1, 0.15) is 0 Å². The van der Waals surface area contributed by atoms with Crippen LogP contribution in [0.4, 0.5) is 0 Å². The van der Waals surface area contributed by atoms with E-state index in [2.05, 4.69) is 39.6 Å². The van der Waals surface area contributed by atoms with Crippen molar-refractivity contribution in [3.05, 3.63) is 0 Å². The topological polar surface area (TPSA) is 53.1 Å². The van der Waals surface area contributed by atoms with E-state index < -0.39 is 0 Å². The lowest BCUT2D eigenvalue weighted by atomic mass is 9.95. The van der Waals surface area contributed by atoms with E-state index in [0.29, 0.717) is 12.5 Å². The highest BCUT2D eigenvalue weighted by Gasteiger charge is 2.26. The second-order valence-corrected chi connectivity index (χ2v) is 4.57. The van der Waals surface area contributed by atoms with Crippen molar-refractivity contribution in [3.63, 3.8) is 0 Å². The molecule has 1 atom stereocenters. The van der Waals surface area contributed by atoms with Crippen molar-refractivity contribution in [2.24, 2.45) is 5.73 Å². The Bertz CT molecular complexity index is 187. The maximum Gasteiger partial charge on any atom is 0.0921 e. The number of hydrogen-bond donors (Lipinski definition) is 2. The van der Waals surface area contributed by atoms with Crippen LogP contribution < -0.4 is 5.73 Å². The van der Waals surface area contributed by atoms with Crippen LogP contribution in [0, 0.1) is 5.41 Å². The van der Waals surface area contributed by atoms with Crippen LogP contribution in [0.15, 0.2) is 0 Å². The summed E-state index contributed by atoms with van der Waals surface area (Å²) < 4.78 is 0. The molecule has 3 heteroatoms. The van der Waals surface area contributed by atoms with Gasteiger partial charge in [-0.3, -0.25) is 10.3 Å². The molecule has 0 fully saturated rings. The van der Waals surface area contributed by atoms with Gasteiger partial charge in [-0.25, -0.2) is 0 Å². The molecule has 0 aromatic rings. The van der Waals surface area contributed by atoms with Crippen LogP contribution in [0.25, 0.3) is 0 Å². The zero-order valence-corrected chi connectivity index (χ0v) is 10.2. The molecule has 3 nitrogen and oxygen atoms in total. The van der Waals surface area contributed by atoms with E-state index in [0.717, 1.165) is 12.8 Å². The van der Waals surface area contributed by atoms with E-state index in [1.807, 2.05) is 0 Å². The second kappa shape index (κ2) is 5.35. The van der Waals surface area contributed by atoms with Crippen LogP contribution in [-0.2, 0) is 0 Å². The summed E-state index contributed by atoms with van der Waals surface area (Å²) in [6.45, 7) is 8.80. The molecule has 3 N–H and O–H groups in total. The van der Waals surface area contributed by atoms with Crippen molar-refractivity contribution in [1.82, 2.24) is 4.90 Å². The SMILES string of the molecule is CCC(CC(=N)N)N(C)C(C)(C)CC. The lowest BCUT2D eigenvalue weighted by Gasteiger charge is -2.40. The highest BCUT2D eigenvalue weighted by atomic mass is 15.2. The molecule has 0 saturated carbocycles. The van der Waals surface area contributed by atoms with E-state index in [-0.39, 0.29) is 11.4 Å². The van der Waals surface area contributed by atoms with Gasteiger partial charge in [-0.05, 0) is 33.7 Å². The third kappa shape index (κ3) is 3.66. The lowest BCUT2D eigenvalue weighted by Crippen LogP contribution is -2.48. The quantitative estimate of drug-likeness (QED) is 0.509. The molecule has 0 heterocycles. The molecule has 84 valence electrons. The molecular formula is C11H25N3. The first-order chi connectivity index (χ1) is 6.35. The van der Waals surface area contributed by atoms with Gasteiger partial charge in [-0.2, -0.15) is 0 Å². The van der Waals surface area contributed by atoms with E-state index >= 15 is 0 Å². The molecule has 0 amide bonds. The normalized spacial score (nSPS) is 14.4. The molecule has 0 spiro atoms. The highest BCUT2D eigenvalue weighted by molar-refractivity contribution is 5.77. The molecule has 0 saturated heterocycles. The molecule has 0 radical (unpaired) electrons. The Morgan fingerprint density at radius 2 is 1.93 bits per heavy atom. The summed E-state index contributed by atoms with van der Waals surface area (Å²) in [4.78, 5) is 2.34. The number of nitrogens with zero attached hydrogens (tertiary/aromatic N) is 1. The van der Waals surface area contributed by atoms with Crippen LogP contribution in [0.1, 0.15) is 47.0 Å². The summed E-state index contributed by atoms with van der Waals surface area (Å²) in [5.74, 6) is 0.288. The number of nitrogens with two attached hydrogens (primary N) is 1. The maximum atomic E-state index is 7.33. The van der Waals surface area contributed by atoms with Gasteiger partial charge in [0.15, 0.2) is 0 Å². The van der Waals surface area contributed by atoms with Crippen molar-refractivity contribution in [2.75, 3.05) is 7.05 Å². The average Bonchev–Trinajstić information content (AvgIpc) is 2.12. The first kappa shape index (κ1) is 13.4. The fourth-order valence-corrected chi connectivity index (χ4v) is 1.55. The predicted molar refractivity (Wildman–Crippen MR) is 62.7 cm³/mol. The zero-order chi connectivity index (χ0) is 11.4. The minimum Gasteiger partial charge on any atom is -0.388 e. The van der Waals surface area contributed by atoms with E-state index in [9.17, 15) is 0 Å². The van der Waals surface area contributed by atoms with Crippen LogP contribution in [0.2, 0.25) is 0 Å². The zero-order valence-electron chi connectivity index (χ0n) is 10.2. The first-order valence-electron chi connectivity index (χ1n) is 5.41. The predicted octanol–water partition coefficient (Wildman–Crippen LogP) is 2.21. The second-order valence-electron chi connectivity index (χ2n) is 4.57. The fraction of sp³-hybridized carbons (Fsp3) is 0.909. The van der Waals surface area contributed by atoms with Crippen molar-refractivity contribution < 1.29 is 0 Å². The van der Waals surface area contributed by atoms with Crippen LogP contribution >= 0.6 is 0 Å². The van der Waals surface area contributed by atoms with Gasteiger partial charge in [0.05, 0.1) is 5.84 Å². The minimum absolute atomic E-state index is 0.191. The van der Waals surface area contributed by atoms with Crippen LogP contribution in [0.5, 0.6) is 0 Å². The number of amidine groups is 1. The van der Waals surface area contributed by atoms with Crippen molar-refractivity contribution in [2.45, 2.75) is 58.5 Å². The fourth-order valence-electron chi connectivity index (χ4n) is 1.55. The largest absolute Gasteiger partial charge is 0.388 e. The Balaban J connectivity index is 4.44. The summed E-state index contributed by atoms with van der Waals surface area (Å²) in [6.07, 6.45) is 2.83. The summed E-state index contributed by atoms with van der Waals surface area (Å²) in [7, 11) is 2.13. The molecule has 0 aliphatic heterocycles. The van der Waals surface area contributed by atoms with E-state index in [4.69, 9.17) is 11.1 Å². The third-order valence-corrected chi connectivity index (χ3v) is 3.29. The first-order valence-corrected chi connectivity index (χ1v) is 5.41. The standard InChI is InChI=1S/C11H25N3/c1-6-9(8-10(12)13)14(5)11(3,4)7-2/h9H,6-8H2,1-5H3,(H3,12,13). The number of rotatable bonds is 6. The summed E-state index contributed by atoms with van der Waals surface area (Å²) in [6, 6.07) is 0.391. The molecule has 14 heavy (non-hydrogen) atoms. The molecule has 1 unspecified atom stereocenters. The molecule has 0 aromatic heterocycles. The van der Waals surface area contributed by atoms with Crippen LogP contribution in [0.3, 0.4) is 0 Å². The van der Waals surface area contributed by atoms with E-state index in [1.165, 1.54) is 0 Å². The van der Waals surface area contributed by atoms with Gasteiger partial charge in [0.2, 0.25) is 0 Å². The molecule has 0 aromatic carbocycles. The molecule has 0 aliphatic rings. The van der Waals surface area contributed by atoms with Gasteiger partial charge in [0.25, 0.3) is 0 Å². The smallest absolute Gasteiger partial charge is 0.0921 e. The van der Waals surface area contributed by atoms with Crippen molar-refractivity contribution in [1.29, 1.82) is 5.41 Å². The van der Waals surface area contributed by atoms with Crippen LogP contribution in [-0.4, -0.2) is 29.4 Å². The minimum atomic E-state index is 0.191. The Labute approximate surface area is 88.2 Å². The number of hydrogen-bond acceptors (Lipinski definition) is 2. The number of nitrogens with one attached hydrogen (secondary N) is 1. The molecule has 0 rings (SSSR count). The summed E-state index contributed by atoms with van der Waals surface area (Å²) >= 11 is 0. The molecule has 0 bridgehead atoms. The highest BCUT2D eigenvalue weighted by Crippen LogP contribution is 2.22. The Morgan fingerprint density at radius 1 is 1.43 bits per heavy atom. The Morgan fingerprint density at radius 3 is 2.21 bits per heavy atom. The van der Waals surface area contributed by atoms with E-state index in [1.54, 1.807) is 0 Å². The van der Waals surface area contributed by atoms with Crippen molar-refractivity contribution in [3.8, 4) is 0 Å². The van der Waals surface area contributed by atoms with Gasteiger partial charge in [-0.1, -0.05) is 13.8 Å². The summed E-state index contributed by atoms with van der Waals surface area (Å²) in [5, 5.41) is 7.33.